The van der Waals surface area contributed by atoms with Gasteiger partial charge in [0, 0.05) is 17.8 Å². The number of aryl methyl sites for hydroxylation is 3. The van der Waals surface area contributed by atoms with E-state index in [1.54, 1.807) is 27.9 Å². The minimum atomic E-state index is -0.640. The molecule has 0 aliphatic carbocycles. The van der Waals surface area contributed by atoms with Crippen molar-refractivity contribution in [2.75, 3.05) is 0 Å². The van der Waals surface area contributed by atoms with Gasteiger partial charge in [0.05, 0.1) is 12.7 Å². The third kappa shape index (κ3) is 4.87. The summed E-state index contributed by atoms with van der Waals surface area (Å²) in [6.07, 6.45) is 6.45. The fraction of sp³-hybridized carbons (Fsp3) is 0.333. The molecule has 0 N–H and O–H groups in total. The lowest BCUT2D eigenvalue weighted by Crippen LogP contribution is -3.00. The Kier molecular flexibility index (Phi) is 7.72. The lowest BCUT2D eigenvalue weighted by Gasteiger charge is -2.08. The Morgan fingerprint density at radius 3 is 2.12 bits per heavy atom. The Hall–Kier alpha value is -1.77. The third-order valence-electron chi connectivity index (χ3n) is 3.30. The topological polar surface area (TPSA) is 26.6 Å². The molecule has 0 aliphatic rings. The molecular formula is C18H23F2IN4. The van der Waals surface area contributed by atoms with E-state index in [1.165, 1.54) is 17.2 Å². The van der Waals surface area contributed by atoms with Crippen LogP contribution in [0.25, 0.3) is 11.4 Å². The van der Waals surface area contributed by atoms with E-state index >= 15 is 0 Å². The molecule has 0 radical (unpaired) electrons. The fourth-order valence-corrected chi connectivity index (χ4v) is 2.35. The van der Waals surface area contributed by atoms with Crippen molar-refractivity contribution in [2.45, 2.75) is 34.1 Å². The Bertz CT molecular complexity index is 840. The van der Waals surface area contributed by atoms with Gasteiger partial charge < -0.3 is 24.0 Å². The van der Waals surface area contributed by atoms with Crippen LogP contribution < -0.4 is 28.5 Å². The van der Waals surface area contributed by atoms with Gasteiger partial charge in [-0.2, -0.15) is 9.67 Å². The van der Waals surface area contributed by atoms with E-state index in [2.05, 4.69) is 18.9 Å². The maximum Gasteiger partial charge on any atom is 0.248 e. The first-order valence-electron chi connectivity index (χ1n) is 7.93. The second kappa shape index (κ2) is 9.07. The van der Waals surface area contributed by atoms with Gasteiger partial charge in [0.25, 0.3) is 0 Å². The molecule has 0 fully saturated rings. The van der Waals surface area contributed by atoms with Gasteiger partial charge in [0.2, 0.25) is 6.33 Å². The van der Waals surface area contributed by atoms with E-state index < -0.39 is 11.6 Å². The highest BCUT2D eigenvalue weighted by molar-refractivity contribution is 5.46. The maximum atomic E-state index is 14.1. The van der Waals surface area contributed by atoms with Crippen molar-refractivity contribution in [3.05, 3.63) is 59.9 Å². The Morgan fingerprint density at radius 2 is 1.64 bits per heavy atom. The van der Waals surface area contributed by atoms with Crippen molar-refractivity contribution in [3.8, 4) is 11.4 Å². The number of benzene rings is 1. The van der Waals surface area contributed by atoms with E-state index in [-0.39, 0.29) is 35.4 Å². The predicted molar refractivity (Wildman–Crippen MR) is 89.4 cm³/mol. The van der Waals surface area contributed by atoms with Crippen molar-refractivity contribution in [1.29, 1.82) is 0 Å². The van der Waals surface area contributed by atoms with Crippen LogP contribution in [0.1, 0.15) is 31.7 Å². The minimum absolute atomic E-state index is 0. The molecule has 0 aliphatic heterocycles. The lowest BCUT2D eigenvalue weighted by atomic mass is 10.2. The summed E-state index contributed by atoms with van der Waals surface area (Å²) < 4.78 is 33.0. The molecule has 0 atom stereocenters. The predicted octanol–water partition coefficient (Wildman–Crippen LogP) is 0.803. The Labute approximate surface area is 164 Å². The quantitative estimate of drug-likeness (QED) is 0.411. The van der Waals surface area contributed by atoms with Gasteiger partial charge in [0.1, 0.15) is 18.1 Å². The van der Waals surface area contributed by atoms with E-state index in [1.807, 2.05) is 27.0 Å². The van der Waals surface area contributed by atoms with E-state index in [4.69, 9.17) is 0 Å². The van der Waals surface area contributed by atoms with Crippen LogP contribution in [0.15, 0.2) is 36.9 Å². The minimum Gasteiger partial charge on any atom is -1.00 e. The second-order valence-electron chi connectivity index (χ2n) is 5.79. The van der Waals surface area contributed by atoms with Crippen molar-refractivity contribution in [3.63, 3.8) is 0 Å². The van der Waals surface area contributed by atoms with Crippen LogP contribution in [0.5, 0.6) is 0 Å². The summed E-state index contributed by atoms with van der Waals surface area (Å²) in [5.41, 5.74) is 2.08. The van der Waals surface area contributed by atoms with E-state index in [0.717, 1.165) is 17.5 Å². The SMILES string of the molecule is CCC.Cc1cc(C)n(-c2cc(-n3cc[n+](C)c3)c(F)cc2F)n1.[I-]. The van der Waals surface area contributed by atoms with Crippen LogP contribution in [0, 0.1) is 25.5 Å². The fourth-order valence-electron chi connectivity index (χ4n) is 2.35. The van der Waals surface area contributed by atoms with Crippen LogP contribution in [-0.4, -0.2) is 14.3 Å². The van der Waals surface area contributed by atoms with Gasteiger partial charge in [-0.25, -0.2) is 18.0 Å². The van der Waals surface area contributed by atoms with Gasteiger partial charge >= 0.3 is 0 Å². The summed E-state index contributed by atoms with van der Waals surface area (Å²) in [4.78, 5) is 0. The number of halogens is 3. The number of rotatable bonds is 2. The maximum absolute atomic E-state index is 14.1. The highest BCUT2D eigenvalue weighted by Gasteiger charge is 2.18. The normalized spacial score (nSPS) is 10.0. The number of hydrogen-bond donors (Lipinski definition) is 0. The largest absolute Gasteiger partial charge is 1.00 e. The zero-order valence-corrected chi connectivity index (χ0v) is 17.3. The third-order valence-corrected chi connectivity index (χ3v) is 3.30. The molecule has 7 heteroatoms. The van der Waals surface area contributed by atoms with Gasteiger partial charge in [0.15, 0.2) is 17.3 Å². The molecule has 2 heterocycles. The zero-order chi connectivity index (χ0) is 17.9. The first-order chi connectivity index (χ1) is 11.4. The summed E-state index contributed by atoms with van der Waals surface area (Å²) in [6.45, 7) is 7.91. The Morgan fingerprint density at radius 1 is 1.04 bits per heavy atom. The molecule has 1 aromatic carbocycles. The Balaban J connectivity index is 0.000000730. The molecule has 3 rings (SSSR count). The van der Waals surface area contributed by atoms with Crippen molar-refractivity contribution in [1.82, 2.24) is 14.3 Å². The van der Waals surface area contributed by atoms with Crippen molar-refractivity contribution >= 4 is 0 Å². The first-order valence-corrected chi connectivity index (χ1v) is 7.93. The van der Waals surface area contributed by atoms with E-state index in [0.29, 0.717) is 0 Å². The van der Waals surface area contributed by atoms with Gasteiger partial charge in [-0.3, -0.25) is 0 Å². The van der Waals surface area contributed by atoms with Gasteiger partial charge in [-0.1, -0.05) is 20.3 Å². The van der Waals surface area contributed by atoms with Crippen LogP contribution >= 0.6 is 0 Å². The molecule has 0 bridgehead atoms. The zero-order valence-electron chi connectivity index (χ0n) is 15.1. The highest BCUT2D eigenvalue weighted by atomic mass is 127. The summed E-state index contributed by atoms with van der Waals surface area (Å²) in [7, 11) is 1.83. The van der Waals surface area contributed by atoms with Gasteiger partial charge in [-0.05, 0) is 19.9 Å². The molecule has 0 unspecified atom stereocenters. The number of hydrogen-bond acceptors (Lipinski definition) is 1. The molecule has 0 saturated carbocycles. The summed E-state index contributed by atoms with van der Waals surface area (Å²) >= 11 is 0. The molecule has 3 aromatic rings. The van der Waals surface area contributed by atoms with Crippen LogP contribution in [-0.2, 0) is 7.05 Å². The monoisotopic (exact) mass is 460 g/mol. The number of aromatic nitrogens is 4. The number of imidazole rings is 1. The van der Waals surface area contributed by atoms with Crippen LogP contribution in [0.4, 0.5) is 8.78 Å². The summed E-state index contributed by atoms with van der Waals surface area (Å²) in [5, 5.41) is 4.25. The van der Waals surface area contributed by atoms with Crippen molar-refractivity contribution in [2.24, 2.45) is 7.05 Å². The summed E-state index contributed by atoms with van der Waals surface area (Å²) in [5.74, 6) is -1.26. The standard InChI is InChI=1S/C15H15F2N4.C3H8.HI/c1-10-6-11(2)21(18-10)15-8-14(12(16)7-13(15)17)20-5-4-19(3)9-20;1-3-2;/h4-9H,1-3H3;3H2,1-2H3;1H/q+1;;/p-1. The average molecular weight is 460 g/mol. The summed E-state index contributed by atoms with van der Waals surface area (Å²) in [6, 6.07) is 4.20. The molecular weight excluding hydrogens is 437 g/mol. The molecule has 0 spiro atoms. The first kappa shape index (κ1) is 21.3. The van der Waals surface area contributed by atoms with Crippen molar-refractivity contribution < 1.29 is 37.3 Å². The molecule has 0 saturated heterocycles. The van der Waals surface area contributed by atoms with E-state index in [9.17, 15) is 8.78 Å². The smallest absolute Gasteiger partial charge is 0.248 e. The molecule has 4 nitrogen and oxygen atoms in total. The molecule has 0 amide bonds. The molecule has 136 valence electrons. The second-order valence-corrected chi connectivity index (χ2v) is 5.79. The number of nitrogens with zero attached hydrogens (tertiary/aromatic N) is 4. The highest BCUT2D eigenvalue weighted by Crippen LogP contribution is 2.22. The molecule has 25 heavy (non-hydrogen) atoms. The van der Waals surface area contributed by atoms with Crippen LogP contribution in [0.2, 0.25) is 0 Å². The molecule has 2 aromatic heterocycles. The van der Waals surface area contributed by atoms with Gasteiger partial charge in [-0.15, -0.1) is 0 Å². The lowest BCUT2D eigenvalue weighted by molar-refractivity contribution is -0.670. The van der Waals surface area contributed by atoms with Crippen LogP contribution in [0.3, 0.4) is 0 Å². The average Bonchev–Trinajstić information content (AvgIpc) is 3.06.